The Morgan fingerprint density at radius 3 is 2.62 bits per heavy atom. The maximum Gasteiger partial charge on any atom is 0.252 e. The molecule has 21 heavy (non-hydrogen) atoms. The van der Waals surface area contributed by atoms with Crippen molar-refractivity contribution in [3.8, 4) is 17.6 Å². The molecular weight excluding hydrogens is 294 g/mol. The van der Waals surface area contributed by atoms with Gasteiger partial charge in [0.05, 0.1) is 10.4 Å². The Hall–Kier alpha value is -2.27. The van der Waals surface area contributed by atoms with Crippen LogP contribution in [0.3, 0.4) is 0 Å². The van der Waals surface area contributed by atoms with Crippen molar-refractivity contribution in [2.24, 2.45) is 5.10 Å². The average Bonchev–Trinajstić information content (AvgIpc) is 2.85. The third-order valence-electron chi connectivity index (χ3n) is 2.82. The minimum absolute atomic E-state index is 0.143. The summed E-state index contributed by atoms with van der Waals surface area (Å²) in [7, 11) is -3.80. The second-order valence-corrected chi connectivity index (χ2v) is 7.94. The Bertz CT molecular complexity index is 727. The Morgan fingerprint density at radius 2 is 2.00 bits per heavy atom. The van der Waals surface area contributed by atoms with E-state index in [1.807, 2.05) is 0 Å². The first-order valence-corrected chi connectivity index (χ1v) is 7.62. The Morgan fingerprint density at radius 1 is 1.33 bits per heavy atom. The average molecular weight is 309 g/mol. The second kappa shape index (κ2) is 5.26. The summed E-state index contributed by atoms with van der Waals surface area (Å²) in [6.07, 6.45) is 0. The summed E-state index contributed by atoms with van der Waals surface area (Å²) in [5.74, 6) is 1.14. The van der Waals surface area contributed by atoms with E-state index in [0.717, 1.165) is 0 Å². The van der Waals surface area contributed by atoms with Crippen LogP contribution in [0.4, 0.5) is 5.69 Å². The Labute approximate surface area is 123 Å². The third kappa shape index (κ3) is 2.92. The largest absolute Gasteiger partial charge is 0.454 e. The molecule has 8 heteroatoms. The maximum atomic E-state index is 12.2. The van der Waals surface area contributed by atoms with Gasteiger partial charge in [-0.1, -0.05) is 0 Å². The van der Waals surface area contributed by atoms with Gasteiger partial charge in [-0.25, -0.2) is 8.42 Å². The third-order valence-corrected chi connectivity index (χ3v) is 5.12. The van der Waals surface area contributed by atoms with Crippen molar-refractivity contribution in [2.45, 2.75) is 25.5 Å². The predicted molar refractivity (Wildman–Crippen MR) is 77.9 cm³/mol. The molecule has 1 aliphatic rings. The van der Waals surface area contributed by atoms with Gasteiger partial charge in [-0.15, -0.1) is 0 Å². The van der Waals surface area contributed by atoms with Gasteiger partial charge < -0.3 is 9.47 Å². The number of nitrogens with zero attached hydrogens (tertiary/aromatic N) is 2. The van der Waals surface area contributed by atoms with Crippen LogP contribution in [-0.4, -0.2) is 25.0 Å². The summed E-state index contributed by atoms with van der Waals surface area (Å²) in [4.78, 5) is 0. The van der Waals surface area contributed by atoms with Crippen LogP contribution in [0.2, 0.25) is 0 Å². The number of benzene rings is 1. The lowest BCUT2D eigenvalue weighted by atomic mass is 10.3. The van der Waals surface area contributed by atoms with Crippen molar-refractivity contribution < 1.29 is 17.9 Å². The number of hydrogen-bond donors (Lipinski definition) is 1. The van der Waals surface area contributed by atoms with Gasteiger partial charge >= 0.3 is 0 Å². The Balaban J connectivity index is 2.25. The molecule has 0 atom stereocenters. The summed E-state index contributed by atoms with van der Waals surface area (Å²) in [5, 5.41) is 12.1. The van der Waals surface area contributed by atoms with Crippen LogP contribution in [-0.2, 0) is 9.84 Å². The standard InChI is InChI=1S/C13H15N3O4S/c1-13(2,3)21(17,18)12(7-14)16-15-9-4-5-10-11(6-9)20-8-19-10/h4-6,15H,8H2,1-3H3/b16-12-. The van der Waals surface area contributed by atoms with Crippen molar-refractivity contribution in [3.63, 3.8) is 0 Å². The van der Waals surface area contributed by atoms with Crippen LogP contribution >= 0.6 is 0 Å². The van der Waals surface area contributed by atoms with E-state index in [-0.39, 0.29) is 6.79 Å². The zero-order valence-corrected chi connectivity index (χ0v) is 12.7. The molecule has 0 spiro atoms. The highest BCUT2D eigenvalue weighted by Crippen LogP contribution is 2.34. The molecule has 0 fully saturated rings. The van der Waals surface area contributed by atoms with Crippen LogP contribution in [0.25, 0.3) is 0 Å². The van der Waals surface area contributed by atoms with Crippen molar-refractivity contribution in [1.29, 1.82) is 5.26 Å². The number of hydrazone groups is 1. The molecular formula is C13H15N3O4S. The minimum atomic E-state index is -3.80. The zero-order chi connectivity index (χ0) is 15.7. The molecule has 1 aromatic carbocycles. The number of nitrogens with one attached hydrogen (secondary N) is 1. The van der Waals surface area contributed by atoms with E-state index < -0.39 is 19.6 Å². The van der Waals surface area contributed by atoms with E-state index in [1.165, 1.54) is 20.8 Å². The van der Waals surface area contributed by atoms with Crippen LogP contribution < -0.4 is 14.9 Å². The lowest BCUT2D eigenvalue weighted by molar-refractivity contribution is 0.174. The van der Waals surface area contributed by atoms with Crippen LogP contribution in [0, 0.1) is 11.3 Å². The SMILES string of the molecule is CC(C)(C)S(=O)(=O)/C(C#N)=N\Nc1ccc2c(c1)OCO2. The molecule has 1 aromatic rings. The topological polar surface area (TPSA) is 101 Å². The van der Waals surface area contributed by atoms with Gasteiger partial charge in [0.25, 0.3) is 5.04 Å². The van der Waals surface area contributed by atoms with E-state index in [1.54, 1.807) is 24.3 Å². The number of fused-ring (bicyclic) bond motifs is 1. The molecule has 0 unspecified atom stereocenters. The fraction of sp³-hybridized carbons (Fsp3) is 0.385. The number of sulfone groups is 1. The van der Waals surface area contributed by atoms with E-state index in [9.17, 15) is 8.42 Å². The van der Waals surface area contributed by atoms with Crippen molar-refractivity contribution >= 4 is 20.6 Å². The van der Waals surface area contributed by atoms with Gasteiger partial charge in [0.15, 0.2) is 11.5 Å². The highest BCUT2D eigenvalue weighted by Gasteiger charge is 2.34. The summed E-state index contributed by atoms with van der Waals surface area (Å²) >= 11 is 0. The van der Waals surface area contributed by atoms with Gasteiger partial charge in [0.1, 0.15) is 6.07 Å². The van der Waals surface area contributed by atoms with Crippen molar-refractivity contribution in [3.05, 3.63) is 18.2 Å². The maximum absolute atomic E-state index is 12.2. The van der Waals surface area contributed by atoms with Gasteiger partial charge in [0, 0.05) is 6.07 Å². The first kappa shape index (κ1) is 15.1. The molecule has 0 radical (unpaired) electrons. The van der Waals surface area contributed by atoms with Gasteiger partial charge in [-0.2, -0.15) is 10.4 Å². The molecule has 0 saturated heterocycles. The fourth-order valence-electron chi connectivity index (χ4n) is 1.52. The summed E-state index contributed by atoms with van der Waals surface area (Å²) < 4.78 is 33.6. The van der Waals surface area contributed by atoms with Gasteiger partial charge in [0.2, 0.25) is 16.6 Å². The van der Waals surface area contributed by atoms with Crippen LogP contribution in [0.5, 0.6) is 11.5 Å². The minimum Gasteiger partial charge on any atom is -0.454 e. The van der Waals surface area contributed by atoms with Crippen molar-refractivity contribution in [1.82, 2.24) is 0 Å². The molecule has 0 saturated carbocycles. The normalized spacial score (nSPS) is 14.7. The van der Waals surface area contributed by atoms with Crippen LogP contribution in [0.1, 0.15) is 20.8 Å². The summed E-state index contributed by atoms with van der Waals surface area (Å²) in [6, 6.07) is 6.55. The fourth-order valence-corrected chi connectivity index (χ4v) is 2.38. The molecule has 0 aliphatic carbocycles. The monoisotopic (exact) mass is 309 g/mol. The number of ether oxygens (including phenoxy) is 2. The van der Waals surface area contributed by atoms with Gasteiger partial charge in [-0.3, -0.25) is 5.43 Å². The molecule has 1 N–H and O–H groups in total. The molecule has 112 valence electrons. The quantitative estimate of drug-likeness (QED) is 0.508. The number of nitriles is 1. The molecule has 1 aliphatic heterocycles. The summed E-state index contributed by atoms with van der Waals surface area (Å²) in [6.45, 7) is 4.67. The highest BCUT2D eigenvalue weighted by molar-refractivity contribution is 8.08. The molecule has 2 rings (SSSR count). The lowest BCUT2D eigenvalue weighted by Gasteiger charge is -2.17. The summed E-state index contributed by atoms with van der Waals surface area (Å²) in [5.41, 5.74) is 3.05. The van der Waals surface area contributed by atoms with E-state index >= 15 is 0 Å². The first-order valence-electron chi connectivity index (χ1n) is 6.14. The number of rotatable bonds is 2. The zero-order valence-electron chi connectivity index (χ0n) is 11.9. The Kier molecular flexibility index (Phi) is 3.78. The number of hydrogen-bond acceptors (Lipinski definition) is 7. The van der Waals surface area contributed by atoms with E-state index in [4.69, 9.17) is 14.7 Å². The van der Waals surface area contributed by atoms with Crippen molar-refractivity contribution in [2.75, 3.05) is 12.2 Å². The molecule has 1 heterocycles. The lowest BCUT2D eigenvalue weighted by Crippen LogP contribution is -2.34. The van der Waals surface area contributed by atoms with E-state index in [0.29, 0.717) is 17.2 Å². The molecule has 0 aromatic heterocycles. The molecule has 7 nitrogen and oxygen atoms in total. The molecule has 0 bridgehead atoms. The first-order chi connectivity index (χ1) is 9.75. The smallest absolute Gasteiger partial charge is 0.252 e. The van der Waals surface area contributed by atoms with Gasteiger partial charge in [-0.05, 0) is 32.9 Å². The molecule has 0 amide bonds. The van der Waals surface area contributed by atoms with Crippen LogP contribution in [0.15, 0.2) is 23.3 Å². The predicted octanol–water partition coefficient (Wildman–Crippen LogP) is 1.88. The second-order valence-electron chi connectivity index (χ2n) is 5.32. The number of anilines is 1. The van der Waals surface area contributed by atoms with E-state index in [2.05, 4.69) is 10.5 Å². The highest BCUT2D eigenvalue weighted by atomic mass is 32.2.